The van der Waals surface area contributed by atoms with Crippen molar-refractivity contribution in [1.82, 2.24) is 9.80 Å². The monoisotopic (exact) mass is 370 g/mol. The molecule has 4 aliphatic rings. The summed E-state index contributed by atoms with van der Waals surface area (Å²) in [6.45, 7) is 1.59. The van der Waals surface area contributed by atoms with Crippen LogP contribution in [0.25, 0.3) is 0 Å². The molecule has 1 aromatic carbocycles. The fourth-order valence-corrected chi connectivity index (χ4v) is 4.83. The topological polar surface area (TPSA) is 79.3 Å². The zero-order chi connectivity index (χ0) is 18.8. The maximum absolute atomic E-state index is 13.2. The molecule has 2 amide bonds. The van der Waals surface area contributed by atoms with E-state index >= 15 is 0 Å². The Hall–Kier alpha value is -2.38. The predicted molar refractivity (Wildman–Crippen MR) is 94.7 cm³/mol. The van der Waals surface area contributed by atoms with Gasteiger partial charge in [-0.1, -0.05) is 24.3 Å². The largest absolute Gasteiger partial charge is 0.497 e. The molecule has 1 spiro atoms. The van der Waals surface area contributed by atoms with Crippen LogP contribution in [0.2, 0.25) is 0 Å². The third-order valence-electron chi connectivity index (χ3n) is 6.15. The molecule has 3 saturated heterocycles. The first-order valence-corrected chi connectivity index (χ1v) is 9.26. The number of aliphatic hydroxyl groups excluding tert-OH is 1. The van der Waals surface area contributed by atoms with Gasteiger partial charge in [0.25, 0.3) is 0 Å². The maximum atomic E-state index is 13.2. The summed E-state index contributed by atoms with van der Waals surface area (Å²) in [5, 5.41) is 9.50. The maximum Gasteiger partial charge on any atom is 0.230 e. The van der Waals surface area contributed by atoms with Gasteiger partial charge >= 0.3 is 0 Å². The minimum absolute atomic E-state index is 0.0379. The highest BCUT2D eigenvalue weighted by atomic mass is 16.5. The van der Waals surface area contributed by atoms with Crippen molar-refractivity contribution in [2.45, 2.75) is 24.4 Å². The van der Waals surface area contributed by atoms with E-state index in [1.807, 2.05) is 36.4 Å². The number of amides is 2. The molecule has 7 heteroatoms. The number of methoxy groups -OCH3 is 1. The van der Waals surface area contributed by atoms with Crippen molar-refractivity contribution in [3.8, 4) is 5.75 Å². The summed E-state index contributed by atoms with van der Waals surface area (Å²) in [6, 6.07) is 7.64. The first kappa shape index (κ1) is 16.8. The van der Waals surface area contributed by atoms with Gasteiger partial charge in [-0.15, -0.1) is 0 Å². The fraction of sp³-hybridized carbons (Fsp3) is 0.500. The van der Waals surface area contributed by atoms with Gasteiger partial charge < -0.3 is 24.4 Å². The lowest BCUT2D eigenvalue weighted by atomic mass is 9.76. The molecule has 2 bridgehead atoms. The van der Waals surface area contributed by atoms with Crippen molar-refractivity contribution in [2.24, 2.45) is 11.8 Å². The van der Waals surface area contributed by atoms with Gasteiger partial charge in [0.05, 0.1) is 37.7 Å². The van der Waals surface area contributed by atoms with Gasteiger partial charge in [0.2, 0.25) is 11.8 Å². The molecule has 1 aromatic rings. The number of carbonyl (C=O) groups is 2. The molecule has 0 unspecified atom stereocenters. The van der Waals surface area contributed by atoms with Crippen molar-refractivity contribution in [3.05, 3.63) is 42.0 Å². The summed E-state index contributed by atoms with van der Waals surface area (Å²) in [5.41, 5.74) is 0.274. The lowest BCUT2D eigenvalue weighted by Gasteiger charge is -2.39. The van der Waals surface area contributed by atoms with Gasteiger partial charge in [-0.25, -0.2) is 0 Å². The minimum Gasteiger partial charge on any atom is -0.497 e. The van der Waals surface area contributed by atoms with Crippen LogP contribution < -0.4 is 4.74 Å². The van der Waals surface area contributed by atoms with E-state index in [4.69, 9.17) is 9.47 Å². The third kappa shape index (κ3) is 2.41. The molecule has 3 fully saturated rings. The molecule has 4 atom stereocenters. The van der Waals surface area contributed by atoms with Crippen LogP contribution in [0.1, 0.15) is 5.56 Å². The number of hydrogen-bond donors (Lipinski definition) is 1. The SMILES string of the molecule is COc1cccc(CN2C[C@]34C=C[C@H](O3)[C@@H](C(=O)N3CC(O)C3)[C@@H]4C2=O)c1. The molecule has 0 radical (unpaired) electrons. The van der Waals surface area contributed by atoms with E-state index in [1.54, 1.807) is 16.9 Å². The Morgan fingerprint density at radius 3 is 2.96 bits per heavy atom. The van der Waals surface area contributed by atoms with Crippen molar-refractivity contribution < 1.29 is 24.2 Å². The van der Waals surface area contributed by atoms with Crippen LogP contribution in [-0.4, -0.2) is 71.3 Å². The molecule has 1 N–H and O–H groups in total. The second-order valence-electron chi connectivity index (χ2n) is 7.84. The van der Waals surface area contributed by atoms with Crippen LogP contribution in [0.4, 0.5) is 0 Å². The van der Waals surface area contributed by atoms with Crippen LogP contribution >= 0.6 is 0 Å². The highest BCUT2D eigenvalue weighted by Gasteiger charge is 2.67. The summed E-state index contributed by atoms with van der Waals surface area (Å²) >= 11 is 0. The molecule has 27 heavy (non-hydrogen) atoms. The highest BCUT2D eigenvalue weighted by molar-refractivity contribution is 5.93. The van der Waals surface area contributed by atoms with Crippen LogP contribution in [-0.2, 0) is 20.9 Å². The number of aliphatic hydroxyl groups is 1. The number of likely N-dealkylation sites (tertiary alicyclic amines) is 2. The van der Waals surface area contributed by atoms with Crippen LogP contribution in [0.3, 0.4) is 0 Å². The number of fused-ring (bicyclic) bond motifs is 1. The van der Waals surface area contributed by atoms with Gasteiger partial charge in [-0.05, 0) is 17.7 Å². The smallest absolute Gasteiger partial charge is 0.230 e. The summed E-state index contributed by atoms with van der Waals surface area (Å²) in [6.07, 6.45) is 3.07. The number of ether oxygens (including phenoxy) is 2. The van der Waals surface area contributed by atoms with Gasteiger partial charge in [0.1, 0.15) is 11.4 Å². The summed E-state index contributed by atoms with van der Waals surface area (Å²) in [7, 11) is 1.61. The Morgan fingerprint density at radius 1 is 1.41 bits per heavy atom. The Labute approximate surface area is 157 Å². The molecular formula is C20H22N2O5. The molecule has 4 aliphatic heterocycles. The van der Waals surface area contributed by atoms with E-state index in [2.05, 4.69) is 0 Å². The number of hydrogen-bond acceptors (Lipinski definition) is 5. The Morgan fingerprint density at radius 2 is 2.22 bits per heavy atom. The average Bonchev–Trinajstić information content (AvgIpc) is 3.27. The predicted octanol–water partition coefficient (Wildman–Crippen LogP) is 0.180. The van der Waals surface area contributed by atoms with Crippen LogP contribution in [0, 0.1) is 11.8 Å². The van der Waals surface area contributed by atoms with Gasteiger partial charge in [0.15, 0.2) is 0 Å². The average molecular weight is 370 g/mol. The zero-order valence-electron chi connectivity index (χ0n) is 15.1. The van der Waals surface area contributed by atoms with E-state index in [9.17, 15) is 14.7 Å². The second kappa shape index (κ2) is 5.81. The molecule has 5 rings (SSSR count). The number of benzene rings is 1. The van der Waals surface area contributed by atoms with Crippen molar-refractivity contribution >= 4 is 11.8 Å². The normalized spacial score (nSPS) is 34.1. The van der Waals surface area contributed by atoms with Crippen LogP contribution in [0.5, 0.6) is 5.75 Å². The number of carbonyl (C=O) groups excluding carboxylic acids is 2. The molecule has 7 nitrogen and oxygen atoms in total. The molecule has 142 valence electrons. The van der Waals surface area contributed by atoms with Gasteiger partial charge in [-0.2, -0.15) is 0 Å². The van der Waals surface area contributed by atoms with Crippen molar-refractivity contribution in [3.63, 3.8) is 0 Å². The third-order valence-corrected chi connectivity index (χ3v) is 6.15. The Balaban J connectivity index is 1.38. The van der Waals surface area contributed by atoms with E-state index < -0.39 is 23.5 Å². The van der Waals surface area contributed by atoms with E-state index in [0.29, 0.717) is 26.2 Å². The molecule has 0 aliphatic carbocycles. The van der Waals surface area contributed by atoms with E-state index in [0.717, 1.165) is 11.3 Å². The second-order valence-corrected chi connectivity index (χ2v) is 7.84. The highest BCUT2D eigenvalue weighted by Crippen LogP contribution is 2.52. The van der Waals surface area contributed by atoms with Crippen molar-refractivity contribution in [2.75, 3.05) is 26.7 Å². The number of rotatable bonds is 4. The fourth-order valence-electron chi connectivity index (χ4n) is 4.83. The van der Waals surface area contributed by atoms with E-state index in [-0.39, 0.29) is 17.9 Å². The lowest BCUT2D eigenvalue weighted by molar-refractivity contribution is -0.151. The zero-order valence-corrected chi connectivity index (χ0v) is 15.1. The molecule has 0 saturated carbocycles. The molecular weight excluding hydrogens is 348 g/mol. The standard InChI is InChI=1S/C20H22N2O5/c1-26-14-4-2-3-12(7-14)8-22-11-20-6-5-15(27-20)16(17(20)19(22)25)18(24)21-9-13(23)10-21/h2-7,13,15-17,23H,8-11H2,1H3/t15-,16+,17+,20-/m0/s1. The summed E-state index contributed by atoms with van der Waals surface area (Å²) in [5.74, 6) is -0.352. The molecule has 4 heterocycles. The first-order valence-electron chi connectivity index (χ1n) is 9.26. The summed E-state index contributed by atoms with van der Waals surface area (Å²) in [4.78, 5) is 29.5. The Bertz CT molecular complexity index is 833. The quantitative estimate of drug-likeness (QED) is 0.765. The van der Waals surface area contributed by atoms with Gasteiger partial charge in [0, 0.05) is 19.6 Å². The summed E-state index contributed by atoms with van der Waals surface area (Å²) < 4.78 is 11.4. The van der Waals surface area contributed by atoms with Crippen LogP contribution in [0.15, 0.2) is 36.4 Å². The van der Waals surface area contributed by atoms with E-state index in [1.165, 1.54) is 0 Å². The molecule has 0 aromatic heterocycles. The number of β-amino-alcohol motifs (C(OH)–C–C–N with tert-alkyl or cyclic N) is 1. The number of nitrogens with zero attached hydrogens (tertiary/aromatic N) is 2. The van der Waals surface area contributed by atoms with Crippen molar-refractivity contribution in [1.29, 1.82) is 0 Å². The lowest BCUT2D eigenvalue weighted by Crippen LogP contribution is -2.57. The Kier molecular flexibility index (Phi) is 3.61. The van der Waals surface area contributed by atoms with Gasteiger partial charge in [-0.3, -0.25) is 9.59 Å². The first-order chi connectivity index (χ1) is 13.0. The minimum atomic E-state index is -0.704.